The van der Waals surface area contributed by atoms with Crippen LogP contribution in [0.1, 0.15) is 19.8 Å². The minimum absolute atomic E-state index is 0.604. The van der Waals surface area contributed by atoms with E-state index in [1.807, 2.05) is 6.92 Å². The van der Waals surface area contributed by atoms with E-state index in [1.54, 1.807) is 0 Å². The summed E-state index contributed by atoms with van der Waals surface area (Å²) in [6, 6.07) is 0. The molecule has 56 valence electrons. The molecule has 0 heterocycles. The summed E-state index contributed by atoms with van der Waals surface area (Å²) in [6.07, 6.45) is 1.89. The van der Waals surface area contributed by atoms with Crippen LogP contribution in [0.25, 0.3) is 0 Å². The Morgan fingerprint density at radius 2 is 2.11 bits per heavy atom. The summed E-state index contributed by atoms with van der Waals surface area (Å²) in [6.45, 7) is 2.04. The zero-order valence-corrected chi connectivity index (χ0v) is 7.30. The molecule has 9 heavy (non-hydrogen) atoms. The second kappa shape index (κ2) is 6.56. The lowest BCUT2D eigenvalue weighted by Gasteiger charge is -1.95. The smallest absolute Gasteiger partial charge is 0.0246 e. The fraction of sp³-hybridized carbons (Fsp3) is 1.00. The molecule has 0 N–H and O–H groups in total. The predicted molar refractivity (Wildman–Crippen MR) is 43.5 cm³/mol. The van der Waals surface area contributed by atoms with E-state index < -0.39 is 10.8 Å². The third-order valence-corrected chi connectivity index (χ3v) is 2.81. The summed E-state index contributed by atoms with van der Waals surface area (Å²) in [4.78, 5) is 0. The van der Waals surface area contributed by atoms with Gasteiger partial charge in [0, 0.05) is 28.2 Å². The van der Waals surface area contributed by atoms with E-state index in [-0.39, 0.29) is 0 Å². The number of rotatable bonds is 5. The molecule has 0 aromatic heterocycles. The molecule has 0 spiro atoms. The summed E-state index contributed by atoms with van der Waals surface area (Å²) < 4.78 is 10.9. The first-order valence-corrected chi connectivity index (χ1v) is 5.24. The molecule has 0 amide bonds. The van der Waals surface area contributed by atoms with Crippen molar-refractivity contribution < 1.29 is 4.21 Å². The van der Waals surface area contributed by atoms with Crippen molar-refractivity contribution in [1.29, 1.82) is 0 Å². The number of halogens is 1. The van der Waals surface area contributed by atoms with Gasteiger partial charge in [0.25, 0.3) is 0 Å². The van der Waals surface area contributed by atoms with Crippen molar-refractivity contribution in [1.82, 2.24) is 0 Å². The molecule has 0 aliphatic heterocycles. The highest BCUT2D eigenvalue weighted by Crippen LogP contribution is 1.91. The monoisotopic (exact) mass is 168 g/mol. The van der Waals surface area contributed by atoms with Crippen LogP contribution >= 0.6 is 11.6 Å². The van der Waals surface area contributed by atoms with Crippen LogP contribution < -0.4 is 0 Å². The maximum Gasteiger partial charge on any atom is 0.0246 e. The van der Waals surface area contributed by atoms with Crippen molar-refractivity contribution >= 4 is 22.4 Å². The van der Waals surface area contributed by atoms with E-state index in [0.717, 1.165) is 24.3 Å². The van der Waals surface area contributed by atoms with Gasteiger partial charge >= 0.3 is 0 Å². The first-order valence-electron chi connectivity index (χ1n) is 3.22. The Kier molecular flexibility index (Phi) is 6.88. The molecule has 0 aromatic rings. The Labute approximate surface area is 64.2 Å². The fourth-order valence-electron chi connectivity index (χ4n) is 0.545. The normalized spacial score (nSPS) is 13.6. The Balaban J connectivity index is 3.06. The van der Waals surface area contributed by atoms with Gasteiger partial charge in [0.15, 0.2) is 0 Å². The first kappa shape index (κ1) is 9.44. The lowest BCUT2D eigenvalue weighted by atomic mass is 10.6. The van der Waals surface area contributed by atoms with Gasteiger partial charge < -0.3 is 0 Å². The van der Waals surface area contributed by atoms with Crippen molar-refractivity contribution in [3.05, 3.63) is 0 Å². The van der Waals surface area contributed by atoms with Crippen molar-refractivity contribution in [3.8, 4) is 0 Å². The van der Waals surface area contributed by atoms with E-state index >= 15 is 0 Å². The highest BCUT2D eigenvalue weighted by Gasteiger charge is 1.94. The lowest BCUT2D eigenvalue weighted by Crippen LogP contribution is -2.01. The van der Waals surface area contributed by atoms with Crippen molar-refractivity contribution in [2.24, 2.45) is 0 Å². The Bertz CT molecular complexity index is 85.1. The summed E-state index contributed by atoms with van der Waals surface area (Å²) >= 11 is 5.41. The van der Waals surface area contributed by atoms with Gasteiger partial charge in [0.2, 0.25) is 0 Å². The number of hydrogen-bond acceptors (Lipinski definition) is 1. The van der Waals surface area contributed by atoms with Gasteiger partial charge in [0.05, 0.1) is 0 Å². The molecular formula is C6H13ClOS. The summed E-state index contributed by atoms with van der Waals surface area (Å²) in [5.41, 5.74) is 0. The van der Waals surface area contributed by atoms with Crippen molar-refractivity contribution in [2.75, 3.05) is 17.4 Å². The SMILES string of the molecule is CCCS(=O)CCCCl. The van der Waals surface area contributed by atoms with E-state index in [4.69, 9.17) is 11.6 Å². The first-order chi connectivity index (χ1) is 4.31. The van der Waals surface area contributed by atoms with Crippen LogP contribution in [0, 0.1) is 0 Å². The molecule has 1 unspecified atom stereocenters. The van der Waals surface area contributed by atoms with Crippen LogP contribution in [0.5, 0.6) is 0 Å². The van der Waals surface area contributed by atoms with Crippen molar-refractivity contribution in [3.63, 3.8) is 0 Å². The molecule has 0 aromatic carbocycles. The molecule has 0 aliphatic carbocycles. The fourth-order valence-corrected chi connectivity index (χ4v) is 1.96. The average molecular weight is 169 g/mol. The van der Waals surface area contributed by atoms with Crippen LogP contribution in [0.2, 0.25) is 0 Å². The van der Waals surface area contributed by atoms with Crippen molar-refractivity contribution in [2.45, 2.75) is 19.8 Å². The molecule has 3 heteroatoms. The van der Waals surface area contributed by atoms with Gasteiger partial charge in [-0.1, -0.05) is 6.92 Å². The van der Waals surface area contributed by atoms with Gasteiger partial charge in [0.1, 0.15) is 0 Å². The van der Waals surface area contributed by atoms with E-state index in [9.17, 15) is 4.21 Å². The van der Waals surface area contributed by atoms with Crippen LogP contribution in [0.4, 0.5) is 0 Å². The summed E-state index contributed by atoms with van der Waals surface area (Å²) in [7, 11) is -0.604. The molecule has 0 radical (unpaired) electrons. The van der Waals surface area contributed by atoms with Gasteiger partial charge in [-0.3, -0.25) is 4.21 Å². The molecule has 0 bridgehead atoms. The number of hydrogen-bond donors (Lipinski definition) is 0. The summed E-state index contributed by atoms with van der Waals surface area (Å²) in [5, 5.41) is 0. The standard InChI is InChI=1S/C6H13ClOS/c1-2-5-9(8)6-3-4-7/h2-6H2,1H3. The van der Waals surface area contributed by atoms with Crippen LogP contribution in [-0.2, 0) is 10.8 Å². The Morgan fingerprint density at radius 3 is 2.56 bits per heavy atom. The predicted octanol–water partition coefficient (Wildman–Crippen LogP) is 1.77. The molecule has 0 fully saturated rings. The Morgan fingerprint density at radius 1 is 1.44 bits per heavy atom. The third kappa shape index (κ3) is 6.32. The number of alkyl halides is 1. The van der Waals surface area contributed by atoms with Gasteiger partial charge in [-0.05, 0) is 12.8 Å². The van der Waals surface area contributed by atoms with Gasteiger partial charge in [-0.25, -0.2) is 0 Å². The van der Waals surface area contributed by atoms with E-state index in [1.165, 1.54) is 0 Å². The lowest BCUT2D eigenvalue weighted by molar-refractivity contribution is 0.680. The quantitative estimate of drug-likeness (QED) is 0.572. The zero-order chi connectivity index (χ0) is 7.11. The highest BCUT2D eigenvalue weighted by molar-refractivity contribution is 7.84. The topological polar surface area (TPSA) is 17.1 Å². The third-order valence-electron chi connectivity index (χ3n) is 0.937. The van der Waals surface area contributed by atoms with Gasteiger partial charge in [-0.2, -0.15) is 0 Å². The maximum atomic E-state index is 10.9. The van der Waals surface area contributed by atoms with Crippen LogP contribution in [0.15, 0.2) is 0 Å². The minimum atomic E-state index is -0.604. The minimum Gasteiger partial charge on any atom is -0.260 e. The second-order valence-electron chi connectivity index (χ2n) is 1.89. The average Bonchev–Trinajstić information content (AvgIpc) is 1.85. The highest BCUT2D eigenvalue weighted by atomic mass is 35.5. The van der Waals surface area contributed by atoms with Gasteiger partial charge in [-0.15, -0.1) is 11.6 Å². The molecule has 1 atom stereocenters. The Hall–Kier alpha value is 0.440. The zero-order valence-electron chi connectivity index (χ0n) is 5.73. The largest absolute Gasteiger partial charge is 0.260 e. The molecule has 1 nitrogen and oxygen atoms in total. The maximum absolute atomic E-state index is 10.9. The molecule has 0 aliphatic rings. The summed E-state index contributed by atoms with van der Waals surface area (Å²) in [5.74, 6) is 2.24. The van der Waals surface area contributed by atoms with E-state index in [0.29, 0.717) is 5.88 Å². The molecular weight excluding hydrogens is 156 g/mol. The molecule has 0 saturated carbocycles. The van der Waals surface area contributed by atoms with Crippen LogP contribution in [-0.4, -0.2) is 21.6 Å². The van der Waals surface area contributed by atoms with E-state index in [2.05, 4.69) is 0 Å². The second-order valence-corrected chi connectivity index (χ2v) is 3.96. The molecule has 0 rings (SSSR count). The van der Waals surface area contributed by atoms with Crippen LogP contribution in [0.3, 0.4) is 0 Å². The molecule has 0 saturated heterocycles.